The molecule has 3 aromatic heterocycles. The van der Waals surface area contributed by atoms with Crippen molar-refractivity contribution in [3.8, 4) is 39.9 Å². The third-order valence-corrected chi connectivity index (χ3v) is 12.4. The molecule has 0 aliphatic carbocycles. The molecule has 0 saturated heterocycles. The van der Waals surface area contributed by atoms with E-state index in [1.165, 1.54) is 63.3 Å². The lowest BCUT2D eigenvalue weighted by Gasteiger charge is -2.13. The smallest absolute Gasteiger partial charge is 0.164 e. The van der Waals surface area contributed by atoms with Gasteiger partial charge in [0.05, 0.1) is 11.0 Å². The van der Waals surface area contributed by atoms with Gasteiger partial charge >= 0.3 is 0 Å². The van der Waals surface area contributed by atoms with Crippen molar-refractivity contribution < 1.29 is 0 Å². The molecule has 12 rings (SSSR count). The summed E-state index contributed by atoms with van der Waals surface area (Å²) in [5, 5.41) is 12.2. The summed E-state index contributed by atoms with van der Waals surface area (Å²) in [6, 6.07) is 64.8. The molecule has 12 aromatic rings. The van der Waals surface area contributed by atoms with Crippen molar-refractivity contribution in [2.45, 2.75) is 0 Å². The highest BCUT2D eigenvalue weighted by atomic mass is 32.1. The number of thiophene rings is 1. The molecule has 0 fully saturated rings. The number of nitrogens with zero attached hydrogens (tertiary/aromatic N) is 4. The minimum Gasteiger partial charge on any atom is -0.309 e. The van der Waals surface area contributed by atoms with Crippen molar-refractivity contribution in [3.63, 3.8) is 0 Å². The van der Waals surface area contributed by atoms with Gasteiger partial charge in [0.2, 0.25) is 0 Å². The Labute approximate surface area is 325 Å². The molecule has 0 radical (unpaired) electrons. The van der Waals surface area contributed by atoms with E-state index in [1.807, 2.05) is 29.5 Å². The van der Waals surface area contributed by atoms with Crippen molar-refractivity contribution in [1.82, 2.24) is 19.5 Å². The first-order chi connectivity index (χ1) is 27.8. The van der Waals surface area contributed by atoms with Crippen LogP contribution in [0.2, 0.25) is 0 Å². The zero-order valence-electron chi connectivity index (χ0n) is 30.0. The van der Waals surface area contributed by atoms with Gasteiger partial charge in [0.1, 0.15) is 0 Å². The van der Waals surface area contributed by atoms with E-state index in [4.69, 9.17) is 15.0 Å². The molecule has 0 bridgehead atoms. The molecule has 3 heterocycles. The second kappa shape index (κ2) is 12.2. The van der Waals surface area contributed by atoms with Crippen LogP contribution in [0.1, 0.15) is 0 Å². The van der Waals surface area contributed by atoms with E-state index in [-0.39, 0.29) is 0 Å². The number of aromatic nitrogens is 4. The molecule has 5 heteroatoms. The third-order valence-electron chi connectivity index (χ3n) is 11.2. The van der Waals surface area contributed by atoms with Crippen molar-refractivity contribution in [1.29, 1.82) is 0 Å². The first kappa shape index (κ1) is 31.2. The van der Waals surface area contributed by atoms with Gasteiger partial charge in [-0.1, -0.05) is 146 Å². The fourth-order valence-corrected chi connectivity index (χ4v) is 9.99. The van der Waals surface area contributed by atoms with Gasteiger partial charge in [-0.05, 0) is 63.3 Å². The Balaban J connectivity index is 1.19. The Bertz CT molecular complexity index is 3530. The molecule has 260 valence electrons. The predicted octanol–water partition coefficient (Wildman–Crippen LogP) is 13.8. The Morgan fingerprint density at radius 2 is 0.964 bits per heavy atom. The van der Waals surface area contributed by atoms with Crippen LogP contribution < -0.4 is 0 Å². The molecular weight excluding hydrogens is 701 g/mol. The summed E-state index contributed by atoms with van der Waals surface area (Å²) in [4.78, 5) is 16.0. The summed E-state index contributed by atoms with van der Waals surface area (Å²) >= 11 is 1.86. The molecule has 0 N–H and O–H groups in total. The Hall–Kier alpha value is -7.21. The molecule has 0 atom stereocenters. The Kier molecular flexibility index (Phi) is 6.76. The van der Waals surface area contributed by atoms with Crippen LogP contribution in [0.4, 0.5) is 0 Å². The van der Waals surface area contributed by atoms with Crippen molar-refractivity contribution in [2.24, 2.45) is 0 Å². The Morgan fingerprint density at radius 1 is 0.375 bits per heavy atom. The third kappa shape index (κ3) is 4.68. The SMILES string of the molecule is c1ccc(-c2nc(-c3ccc4c5ccccc5n(-c5ccccc5)c4c3)nc(-c3cc4ccc5ccccc5c4c4sc5ccc6ccccc6c5c34)n2)cc1. The predicted molar refractivity (Wildman–Crippen MR) is 236 cm³/mol. The van der Waals surface area contributed by atoms with Crippen LogP contribution >= 0.6 is 11.3 Å². The lowest BCUT2D eigenvalue weighted by atomic mass is 9.94. The van der Waals surface area contributed by atoms with Crippen LogP contribution in [0.15, 0.2) is 182 Å². The maximum atomic E-state index is 5.42. The minimum atomic E-state index is 0.636. The van der Waals surface area contributed by atoms with Gasteiger partial charge < -0.3 is 4.57 Å². The maximum Gasteiger partial charge on any atom is 0.164 e. The van der Waals surface area contributed by atoms with Crippen LogP contribution in [-0.4, -0.2) is 19.5 Å². The zero-order valence-corrected chi connectivity index (χ0v) is 30.8. The quantitative estimate of drug-likeness (QED) is 0.169. The van der Waals surface area contributed by atoms with E-state index < -0.39 is 0 Å². The molecule has 0 amide bonds. The molecule has 0 spiro atoms. The van der Waals surface area contributed by atoms with Crippen molar-refractivity contribution >= 4 is 85.6 Å². The number of fused-ring (bicyclic) bond motifs is 12. The summed E-state index contributed by atoms with van der Waals surface area (Å²) in [5.74, 6) is 1.94. The first-order valence-electron chi connectivity index (χ1n) is 18.9. The second-order valence-electron chi connectivity index (χ2n) is 14.4. The van der Waals surface area contributed by atoms with Crippen LogP contribution in [-0.2, 0) is 0 Å². The van der Waals surface area contributed by atoms with Gasteiger partial charge in [-0.2, -0.15) is 0 Å². The number of hydrogen-bond donors (Lipinski definition) is 0. The van der Waals surface area contributed by atoms with Gasteiger partial charge in [0.25, 0.3) is 0 Å². The van der Waals surface area contributed by atoms with Gasteiger partial charge in [0, 0.05) is 58.7 Å². The van der Waals surface area contributed by atoms with E-state index in [9.17, 15) is 0 Å². The summed E-state index contributed by atoms with van der Waals surface area (Å²) in [6.07, 6.45) is 0. The second-order valence-corrected chi connectivity index (χ2v) is 15.4. The number of hydrogen-bond acceptors (Lipinski definition) is 4. The highest BCUT2D eigenvalue weighted by Gasteiger charge is 2.22. The maximum absolute atomic E-state index is 5.42. The fraction of sp³-hybridized carbons (Fsp3) is 0. The van der Waals surface area contributed by atoms with E-state index in [2.05, 4.69) is 168 Å². The van der Waals surface area contributed by atoms with Crippen LogP contribution in [0.25, 0.3) is 114 Å². The van der Waals surface area contributed by atoms with Gasteiger partial charge in [-0.25, -0.2) is 15.0 Å². The summed E-state index contributed by atoms with van der Waals surface area (Å²) in [6.45, 7) is 0. The zero-order chi connectivity index (χ0) is 36.7. The average molecular weight is 731 g/mol. The monoisotopic (exact) mass is 730 g/mol. The lowest BCUT2D eigenvalue weighted by molar-refractivity contribution is 1.08. The molecule has 0 aliphatic heterocycles. The van der Waals surface area contributed by atoms with Gasteiger partial charge in [-0.15, -0.1) is 11.3 Å². The largest absolute Gasteiger partial charge is 0.309 e. The Morgan fingerprint density at radius 3 is 1.75 bits per heavy atom. The number of benzene rings is 9. The summed E-state index contributed by atoms with van der Waals surface area (Å²) in [7, 11) is 0. The molecule has 4 nitrogen and oxygen atoms in total. The van der Waals surface area contributed by atoms with Crippen molar-refractivity contribution in [2.75, 3.05) is 0 Å². The van der Waals surface area contributed by atoms with E-state index in [0.29, 0.717) is 17.5 Å². The minimum absolute atomic E-state index is 0.636. The highest BCUT2D eigenvalue weighted by molar-refractivity contribution is 7.27. The van der Waals surface area contributed by atoms with Crippen LogP contribution in [0.5, 0.6) is 0 Å². The van der Waals surface area contributed by atoms with E-state index in [1.54, 1.807) is 0 Å². The number of rotatable bonds is 4. The van der Waals surface area contributed by atoms with Gasteiger partial charge in [-0.3, -0.25) is 0 Å². The highest BCUT2D eigenvalue weighted by Crippen LogP contribution is 2.48. The molecule has 0 aliphatic rings. The topological polar surface area (TPSA) is 43.6 Å². The molecular formula is C51H30N4S. The van der Waals surface area contributed by atoms with Crippen LogP contribution in [0.3, 0.4) is 0 Å². The molecule has 0 unspecified atom stereocenters. The van der Waals surface area contributed by atoms with Crippen molar-refractivity contribution in [3.05, 3.63) is 182 Å². The van der Waals surface area contributed by atoms with Crippen LogP contribution in [0, 0.1) is 0 Å². The number of para-hydroxylation sites is 2. The summed E-state index contributed by atoms with van der Waals surface area (Å²) < 4.78 is 4.84. The summed E-state index contributed by atoms with van der Waals surface area (Å²) in [5.41, 5.74) is 6.26. The van der Waals surface area contributed by atoms with Gasteiger partial charge in [0.15, 0.2) is 17.5 Å². The lowest BCUT2D eigenvalue weighted by Crippen LogP contribution is -2.01. The standard InChI is InChI=1S/C51H30N4S/c1-3-15-33(16-4-1)49-52-50(35-25-27-40-39-21-11-12-22-42(39)55(43(40)30-35)36-17-5-2-6-18-36)54-51(53-49)41-29-34-24-23-31-13-7-9-19-37(31)45(34)48-47(41)46-38-20-10-8-14-32(38)26-28-44(46)56-48/h1-30H. The first-order valence-corrected chi connectivity index (χ1v) is 19.7. The normalized spacial score (nSPS) is 11.9. The van der Waals surface area contributed by atoms with E-state index >= 15 is 0 Å². The molecule has 9 aromatic carbocycles. The fourth-order valence-electron chi connectivity index (χ4n) is 8.67. The molecule has 56 heavy (non-hydrogen) atoms. The van der Waals surface area contributed by atoms with E-state index in [0.717, 1.165) is 33.4 Å². The molecule has 0 saturated carbocycles. The average Bonchev–Trinajstić information content (AvgIpc) is 3.83.